The summed E-state index contributed by atoms with van der Waals surface area (Å²) in [6.07, 6.45) is 1.25. The molecule has 0 bridgehead atoms. The van der Waals surface area contributed by atoms with E-state index in [1.165, 1.54) is 36.5 Å². The van der Waals surface area contributed by atoms with Crippen LogP contribution in [0.25, 0.3) is 5.69 Å². The van der Waals surface area contributed by atoms with Gasteiger partial charge >= 0.3 is 11.6 Å². The number of hydrogen-bond donors (Lipinski definition) is 1. The number of ether oxygens (including phenoxy) is 2. The lowest BCUT2D eigenvalue weighted by atomic mass is 10.2. The van der Waals surface area contributed by atoms with E-state index in [1.807, 2.05) is 38.1 Å². The molecule has 0 saturated carbocycles. The Morgan fingerprint density at radius 3 is 2.48 bits per heavy atom. The third kappa shape index (κ3) is 7.21. The first kappa shape index (κ1) is 30.2. The van der Waals surface area contributed by atoms with Gasteiger partial charge in [0.15, 0.2) is 5.76 Å². The maximum absolute atomic E-state index is 13.5. The van der Waals surface area contributed by atoms with Crippen molar-refractivity contribution in [2.24, 2.45) is 5.10 Å². The minimum Gasteiger partial charge on any atom is -0.486 e. The van der Waals surface area contributed by atoms with Crippen LogP contribution in [-0.4, -0.2) is 21.6 Å². The number of hydrazone groups is 1. The lowest BCUT2D eigenvalue weighted by molar-refractivity contribution is -0.386. The Morgan fingerprint density at radius 1 is 1.02 bits per heavy atom. The van der Waals surface area contributed by atoms with Gasteiger partial charge in [0.05, 0.1) is 15.6 Å². The number of amides is 1. The Kier molecular flexibility index (Phi) is 9.20. The number of nitro groups is 1. The van der Waals surface area contributed by atoms with Crippen LogP contribution in [-0.2, 0) is 13.2 Å². The van der Waals surface area contributed by atoms with Gasteiger partial charge in [-0.3, -0.25) is 14.9 Å². The number of aromatic nitrogens is 1. The lowest BCUT2D eigenvalue weighted by Gasteiger charge is -2.10. The number of nitrogens with one attached hydrogen (secondary N) is 1. The largest absolute Gasteiger partial charge is 0.486 e. The van der Waals surface area contributed by atoms with Gasteiger partial charge in [-0.25, -0.2) is 9.82 Å². The average molecular weight is 661 g/mol. The quantitative estimate of drug-likeness (QED) is 0.0894. The maximum Gasteiger partial charge on any atom is 0.312 e. The second kappa shape index (κ2) is 13.4. The van der Waals surface area contributed by atoms with E-state index in [1.54, 1.807) is 18.2 Å². The molecule has 2 heterocycles. The van der Waals surface area contributed by atoms with Crippen molar-refractivity contribution in [1.82, 2.24) is 9.99 Å². The van der Waals surface area contributed by atoms with Crippen molar-refractivity contribution in [2.75, 3.05) is 0 Å². The number of nitro benzene ring substituents is 1. The number of carbonyl (C=O) groups excluding carboxylic acids is 1. The van der Waals surface area contributed by atoms with Crippen molar-refractivity contribution in [1.29, 1.82) is 0 Å². The number of hydrogen-bond acceptors (Lipinski definition) is 7. The molecule has 5 rings (SSSR count). The van der Waals surface area contributed by atoms with Crippen molar-refractivity contribution < 1.29 is 28.0 Å². The number of carbonyl (C=O) groups is 1. The van der Waals surface area contributed by atoms with E-state index < -0.39 is 16.6 Å². The van der Waals surface area contributed by atoms with E-state index in [-0.39, 0.29) is 34.9 Å². The van der Waals surface area contributed by atoms with Crippen LogP contribution in [0.1, 0.15) is 38.8 Å². The van der Waals surface area contributed by atoms with Gasteiger partial charge in [-0.2, -0.15) is 5.10 Å². The second-order valence-electron chi connectivity index (χ2n) is 9.73. The summed E-state index contributed by atoms with van der Waals surface area (Å²) in [6.45, 7) is 4.13. The molecule has 0 aliphatic carbocycles. The molecule has 224 valence electrons. The van der Waals surface area contributed by atoms with E-state index in [2.05, 4.69) is 43.2 Å². The molecule has 0 saturated heterocycles. The zero-order chi connectivity index (χ0) is 31.2. The molecule has 5 aromatic rings. The van der Waals surface area contributed by atoms with Crippen molar-refractivity contribution >= 4 is 33.7 Å². The van der Waals surface area contributed by atoms with Crippen LogP contribution in [0.15, 0.2) is 98.9 Å². The number of rotatable bonds is 11. The van der Waals surface area contributed by atoms with Gasteiger partial charge in [-0.1, -0.05) is 12.1 Å². The topological polar surface area (TPSA) is 121 Å². The van der Waals surface area contributed by atoms with Gasteiger partial charge < -0.3 is 18.5 Å². The Hall–Kier alpha value is -5.23. The smallest absolute Gasteiger partial charge is 0.312 e. The monoisotopic (exact) mass is 660 g/mol. The number of benzene rings is 3. The first-order valence-electron chi connectivity index (χ1n) is 13.3. The van der Waals surface area contributed by atoms with Crippen LogP contribution in [0.3, 0.4) is 0 Å². The summed E-state index contributed by atoms with van der Waals surface area (Å²) in [4.78, 5) is 23.6. The highest BCUT2D eigenvalue weighted by Crippen LogP contribution is 2.36. The molecule has 2 aromatic heterocycles. The van der Waals surface area contributed by atoms with Gasteiger partial charge in [-0.05, 0) is 102 Å². The maximum atomic E-state index is 13.5. The fraction of sp³-hybridized carbons (Fsp3) is 0.125. The summed E-state index contributed by atoms with van der Waals surface area (Å²) in [5, 5.41) is 15.6. The first-order valence-corrected chi connectivity index (χ1v) is 14.1. The first-order chi connectivity index (χ1) is 21.2. The van der Waals surface area contributed by atoms with Crippen molar-refractivity contribution in [2.45, 2.75) is 27.1 Å². The highest BCUT2D eigenvalue weighted by Gasteiger charge is 2.20. The zero-order valence-electron chi connectivity index (χ0n) is 23.6. The third-order valence-electron chi connectivity index (χ3n) is 6.53. The fourth-order valence-electron chi connectivity index (χ4n) is 4.45. The SMILES string of the molecule is Cc1ccc(C)n1-c1ccc(OCc2ccc(C(=O)N/N=C/c3cc(Br)c(OCc4cccc(F)c4)c([N+](=O)[O-])c3)o2)cc1. The van der Waals surface area contributed by atoms with Gasteiger partial charge in [0, 0.05) is 28.7 Å². The number of halogens is 2. The van der Waals surface area contributed by atoms with E-state index in [4.69, 9.17) is 13.9 Å². The highest BCUT2D eigenvalue weighted by atomic mass is 79.9. The molecule has 1 N–H and O–H groups in total. The van der Waals surface area contributed by atoms with E-state index in [0.717, 1.165) is 17.1 Å². The third-order valence-corrected chi connectivity index (χ3v) is 7.12. The Morgan fingerprint density at radius 2 is 1.77 bits per heavy atom. The molecular formula is C32H26BrFN4O6. The molecule has 0 fully saturated rings. The summed E-state index contributed by atoms with van der Waals surface area (Å²) in [7, 11) is 0. The average Bonchev–Trinajstić information content (AvgIpc) is 3.61. The number of nitrogens with zero attached hydrogens (tertiary/aromatic N) is 3. The van der Waals surface area contributed by atoms with Crippen molar-refractivity contribution in [3.8, 4) is 17.2 Å². The van der Waals surface area contributed by atoms with Crippen molar-refractivity contribution in [3.63, 3.8) is 0 Å². The molecule has 0 unspecified atom stereocenters. The van der Waals surface area contributed by atoms with E-state index in [9.17, 15) is 19.3 Å². The second-order valence-corrected chi connectivity index (χ2v) is 10.6. The highest BCUT2D eigenvalue weighted by molar-refractivity contribution is 9.10. The molecule has 12 heteroatoms. The predicted molar refractivity (Wildman–Crippen MR) is 165 cm³/mol. The molecule has 44 heavy (non-hydrogen) atoms. The van der Waals surface area contributed by atoms with E-state index >= 15 is 0 Å². The molecule has 1 amide bonds. The van der Waals surface area contributed by atoms with Crippen molar-refractivity contribution in [3.05, 3.63) is 139 Å². The zero-order valence-corrected chi connectivity index (χ0v) is 25.2. The summed E-state index contributed by atoms with van der Waals surface area (Å²) in [5.41, 5.74) is 6.15. The standard InChI is InChI=1S/C32H26BrFN4O6/c1-20-6-7-21(2)37(20)25-8-10-26(11-9-25)42-19-27-12-13-30(44-27)32(39)36-35-17-23-15-28(33)31(29(16-23)38(40)41)43-18-22-4-3-5-24(34)14-22/h3-17H,18-19H2,1-2H3,(H,36,39)/b35-17+. The van der Waals surface area contributed by atoms with Gasteiger partial charge in [0.2, 0.25) is 5.75 Å². The van der Waals surface area contributed by atoms with Crippen LogP contribution >= 0.6 is 15.9 Å². The summed E-state index contributed by atoms with van der Waals surface area (Å²) in [6, 6.07) is 23.4. The molecule has 0 aliphatic heterocycles. The minimum atomic E-state index is -0.613. The number of furan rings is 1. The lowest BCUT2D eigenvalue weighted by Crippen LogP contribution is -2.16. The number of aryl methyl sites for hydroxylation is 2. The summed E-state index contributed by atoms with van der Waals surface area (Å²) in [5.74, 6) is 0.0310. The normalized spacial score (nSPS) is 11.1. The van der Waals surface area contributed by atoms with Gasteiger partial charge in [0.25, 0.3) is 0 Å². The van der Waals surface area contributed by atoms with Crippen LogP contribution < -0.4 is 14.9 Å². The molecule has 0 spiro atoms. The van der Waals surface area contributed by atoms with Crippen LogP contribution in [0.5, 0.6) is 11.5 Å². The van der Waals surface area contributed by atoms with Gasteiger partial charge in [0.1, 0.15) is 30.5 Å². The van der Waals surface area contributed by atoms with Gasteiger partial charge in [-0.15, -0.1) is 0 Å². The Bertz CT molecular complexity index is 1830. The Labute approximate surface area is 260 Å². The molecule has 0 radical (unpaired) electrons. The Balaban J connectivity index is 1.17. The summed E-state index contributed by atoms with van der Waals surface area (Å²) >= 11 is 3.28. The molecule has 3 aromatic carbocycles. The van der Waals surface area contributed by atoms with E-state index in [0.29, 0.717) is 22.6 Å². The molecular weight excluding hydrogens is 635 g/mol. The van der Waals surface area contributed by atoms with Crippen LogP contribution in [0.4, 0.5) is 10.1 Å². The summed E-state index contributed by atoms with van der Waals surface area (Å²) < 4.78 is 32.9. The fourth-order valence-corrected chi connectivity index (χ4v) is 5.04. The predicted octanol–water partition coefficient (Wildman–Crippen LogP) is 7.42. The van der Waals surface area contributed by atoms with Crippen LogP contribution in [0.2, 0.25) is 0 Å². The van der Waals surface area contributed by atoms with Crippen LogP contribution in [0, 0.1) is 29.8 Å². The molecule has 10 nitrogen and oxygen atoms in total. The molecule has 0 atom stereocenters. The minimum absolute atomic E-state index is 0.0166. The molecule has 0 aliphatic rings.